The zero-order chi connectivity index (χ0) is 13.0. The van der Waals surface area contributed by atoms with Crippen LogP contribution in [0.2, 0.25) is 0 Å². The third kappa shape index (κ3) is 2.56. The Balaban J connectivity index is 2.28. The van der Waals surface area contributed by atoms with Crippen molar-refractivity contribution in [3.8, 4) is 17.0 Å². The Kier molecular flexibility index (Phi) is 3.72. The SMILES string of the molecule is CCNc1ccc(-c2ccc(OC)c(F)c2)nn1. The number of nitrogens with zero attached hydrogens (tertiary/aromatic N) is 2. The number of rotatable bonds is 4. The smallest absolute Gasteiger partial charge is 0.165 e. The van der Waals surface area contributed by atoms with Crippen LogP contribution in [0.3, 0.4) is 0 Å². The summed E-state index contributed by atoms with van der Waals surface area (Å²) in [4.78, 5) is 0. The van der Waals surface area contributed by atoms with Crippen LogP contribution in [0.15, 0.2) is 30.3 Å². The van der Waals surface area contributed by atoms with Crippen LogP contribution >= 0.6 is 0 Å². The van der Waals surface area contributed by atoms with Crippen molar-refractivity contribution >= 4 is 5.82 Å². The normalized spacial score (nSPS) is 10.2. The van der Waals surface area contributed by atoms with Gasteiger partial charge in [-0.15, -0.1) is 10.2 Å². The first kappa shape index (κ1) is 12.3. The molecule has 1 aromatic carbocycles. The van der Waals surface area contributed by atoms with Gasteiger partial charge in [0.15, 0.2) is 11.6 Å². The summed E-state index contributed by atoms with van der Waals surface area (Å²) >= 11 is 0. The molecule has 5 heteroatoms. The van der Waals surface area contributed by atoms with Crippen LogP contribution in [0.25, 0.3) is 11.3 Å². The fourth-order valence-electron chi connectivity index (χ4n) is 1.59. The van der Waals surface area contributed by atoms with Crippen molar-refractivity contribution in [3.63, 3.8) is 0 Å². The number of anilines is 1. The second kappa shape index (κ2) is 5.44. The summed E-state index contributed by atoms with van der Waals surface area (Å²) < 4.78 is 18.4. The summed E-state index contributed by atoms with van der Waals surface area (Å²) in [5.41, 5.74) is 1.29. The maximum absolute atomic E-state index is 13.6. The van der Waals surface area contributed by atoms with E-state index in [0.717, 1.165) is 6.54 Å². The van der Waals surface area contributed by atoms with E-state index in [-0.39, 0.29) is 5.75 Å². The van der Waals surface area contributed by atoms with E-state index in [9.17, 15) is 4.39 Å². The van der Waals surface area contributed by atoms with Crippen molar-refractivity contribution in [2.24, 2.45) is 0 Å². The van der Waals surface area contributed by atoms with Gasteiger partial charge in [-0.05, 0) is 37.3 Å². The molecule has 2 aromatic rings. The van der Waals surface area contributed by atoms with Crippen molar-refractivity contribution in [1.29, 1.82) is 0 Å². The Hall–Kier alpha value is -2.17. The largest absolute Gasteiger partial charge is 0.494 e. The molecule has 0 aliphatic heterocycles. The van der Waals surface area contributed by atoms with E-state index >= 15 is 0 Å². The highest BCUT2D eigenvalue weighted by Crippen LogP contribution is 2.24. The van der Waals surface area contributed by atoms with Gasteiger partial charge in [0, 0.05) is 12.1 Å². The summed E-state index contributed by atoms with van der Waals surface area (Å²) in [7, 11) is 1.43. The zero-order valence-electron chi connectivity index (χ0n) is 10.3. The number of methoxy groups -OCH3 is 1. The van der Waals surface area contributed by atoms with E-state index in [1.807, 2.05) is 13.0 Å². The molecule has 0 aliphatic rings. The number of ether oxygens (including phenoxy) is 1. The molecular weight excluding hydrogens is 233 g/mol. The quantitative estimate of drug-likeness (QED) is 0.902. The molecule has 4 nitrogen and oxygen atoms in total. The van der Waals surface area contributed by atoms with Crippen LogP contribution in [-0.2, 0) is 0 Å². The second-order valence-electron chi connectivity index (χ2n) is 3.68. The van der Waals surface area contributed by atoms with Crippen molar-refractivity contribution in [2.75, 3.05) is 19.0 Å². The molecule has 1 aromatic heterocycles. The van der Waals surface area contributed by atoms with E-state index in [2.05, 4.69) is 15.5 Å². The number of hydrogen-bond acceptors (Lipinski definition) is 4. The number of aromatic nitrogens is 2. The maximum atomic E-state index is 13.6. The Bertz CT molecular complexity index is 528. The Morgan fingerprint density at radius 3 is 2.61 bits per heavy atom. The van der Waals surface area contributed by atoms with Gasteiger partial charge in [0.05, 0.1) is 12.8 Å². The molecule has 0 saturated heterocycles. The molecular formula is C13H14FN3O. The van der Waals surface area contributed by atoms with Crippen LogP contribution < -0.4 is 10.1 Å². The maximum Gasteiger partial charge on any atom is 0.165 e. The summed E-state index contributed by atoms with van der Waals surface area (Å²) in [5.74, 6) is 0.513. The molecule has 0 spiro atoms. The number of nitrogens with one attached hydrogen (secondary N) is 1. The fraction of sp³-hybridized carbons (Fsp3) is 0.231. The van der Waals surface area contributed by atoms with Gasteiger partial charge in [-0.2, -0.15) is 0 Å². The minimum Gasteiger partial charge on any atom is -0.494 e. The first-order valence-corrected chi connectivity index (χ1v) is 5.66. The predicted molar refractivity (Wildman–Crippen MR) is 68.1 cm³/mol. The van der Waals surface area contributed by atoms with Crippen molar-refractivity contribution in [3.05, 3.63) is 36.1 Å². The van der Waals surface area contributed by atoms with E-state index in [4.69, 9.17) is 4.74 Å². The lowest BCUT2D eigenvalue weighted by Crippen LogP contribution is -2.00. The van der Waals surface area contributed by atoms with Gasteiger partial charge in [0.2, 0.25) is 0 Å². The molecule has 94 valence electrons. The van der Waals surface area contributed by atoms with Gasteiger partial charge >= 0.3 is 0 Å². The van der Waals surface area contributed by atoms with E-state index in [1.54, 1.807) is 18.2 Å². The minimum atomic E-state index is -0.410. The summed E-state index contributed by atoms with van der Waals surface area (Å²) in [6, 6.07) is 8.32. The minimum absolute atomic E-state index is 0.218. The van der Waals surface area contributed by atoms with Crippen LogP contribution in [0.1, 0.15) is 6.92 Å². The molecule has 0 fully saturated rings. The van der Waals surface area contributed by atoms with E-state index in [1.165, 1.54) is 13.2 Å². The van der Waals surface area contributed by atoms with Gasteiger partial charge < -0.3 is 10.1 Å². The third-order valence-corrected chi connectivity index (χ3v) is 2.47. The van der Waals surface area contributed by atoms with Crippen LogP contribution in [0.5, 0.6) is 5.75 Å². The van der Waals surface area contributed by atoms with E-state index in [0.29, 0.717) is 17.1 Å². The first-order chi connectivity index (χ1) is 8.74. The van der Waals surface area contributed by atoms with Crippen LogP contribution in [0.4, 0.5) is 10.2 Å². The average molecular weight is 247 g/mol. The molecule has 0 atom stereocenters. The van der Waals surface area contributed by atoms with Crippen molar-refractivity contribution < 1.29 is 9.13 Å². The zero-order valence-corrected chi connectivity index (χ0v) is 10.3. The van der Waals surface area contributed by atoms with Gasteiger partial charge in [0.25, 0.3) is 0 Å². The monoisotopic (exact) mass is 247 g/mol. The highest BCUT2D eigenvalue weighted by molar-refractivity contribution is 5.60. The van der Waals surface area contributed by atoms with Gasteiger partial charge in [-0.25, -0.2) is 4.39 Å². The molecule has 0 amide bonds. The fourth-order valence-corrected chi connectivity index (χ4v) is 1.59. The third-order valence-electron chi connectivity index (χ3n) is 2.47. The van der Waals surface area contributed by atoms with Crippen molar-refractivity contribution in [2.45, 2.75) is 6.92 Å². The Morgan fingerprint density at radius 2 is 2.06 bits per heavy atom. The average Bonchev–Trinajstić information content (AvgIpc) is 2.40. The van der Waals surface area contributed by atoms with Crippen LogP contribution in [0, 0.1) is 5.82 Å². The standard InChI is InChI=1S/C13H14FN3O/c1-3-15-13-7-5-11(16-17-13)9-4-6-12(18-2)10(14)8-9/h4-8H,3H2,1-2H3,(H,15,17). The molecule has 0 bridgehead atoms. The number of halogens is 1. The summed E-state index contributed by atoms with van der Waals surface area (Å²) in [6.07, 6.45) is 0. The number of benzene rings is 1. The molecule has 0 unspecified atom stereocenters. The van der Waals surface area contributed by atoms with Crippen molar-refractivity contribution in [1.82, 2.24) is 10.2 Å². The molecule has 1 heterocycles. The van der Waals surface area contributed by atoms with Gasteiger partial charge in [-0.1, -0.05) is 0 Å². The predicted octanol–water partition coefficient (Wildman–Crippen LogP) is 2.72. The van der Waals surface area contributed by atoms with Gasteiger partial charge in [0.1, 0.15) is 5.82 Å². The van der Waals surface area contributed by atoms with E-state index < -0.39 is 5.82 Å². The molecule has 0 saturated carbocycles. The molecule has 18 heavy (non-hydrogen) atoms. The first-order valence-electron chi connectivity index (χ1n) is 5.66. The molecule has 0 aliphatic carbocycles. The van der Waals surface area contributed by atoms with Gasteiger partial charge in [-0.3, -0.25) is 0 Å². The highest BCUT2D eigenvalue weighted by Gasteiger charge is 2.06. The van der Waals surface area contributed by atoms with Crippen LogP contribution in [-0.4, -0.2) is 23.9 Å². The lowest BCUT2D eigenvalue weighted by Gasteiger charge is -2.05. The topological polar surface area (TPSA) is 47.0 Å². The Morgan fingerprint density at radius 1 is 1.22 bits per heavy atom. The lowest BCUT2D eigenvalue weighted by atomic mass is 10.1. The number of hydrogen-bond donors (Lipinski definition) is 1. The molecule has 0 radical (unpaired) electrons. The highest BCUT2D eigenvalue weighted by atomic mass is 19.1. The summed E-state index contributed by atoms with van der Waals surface area (Å²) in [6.45, 7) is 2.76. The summed E-state index contributed by atoms with van der Waals surface area (Å²) in [5, 5.41) is 11.1. The lowest BCUT2D eigenvalue weighted by molar-refractivity contribution is 0.386. The second-order valence-corrected chi connectivity index (χ2v) is 3.68. The molecule has 2 rings (SSSR count). The Labute approximate surface area is 105 Å². The molecule has 1 N–H and O–H groups in total.